The highest BCUT2D eigenvalue weighted by atomic mass is 16.2. The number of rotatable bonds is 0. The van der Waals surface area contributed by atoms with E-state index in [1.165, 1.54) is 12.8 Å². The zero-order valence-corrected chi connectivity index (χ0v) is 6.05. The number of hydrogen-bond donors (Lipinski definition) is 0. The van der Waals surface area contributed by atoms with Gasteiger partial charge in [-0.2, -0.15) is 0 Å². The Hall–Kier alpha value is -0.570. The molecule has 1 amide bonds. The SMILES string of the molecule is O=C1CCN2CCCCN12. The summed E-state index contributed by atoms with van der Waals surface area (Å²) in [6.45, 7) is 3.00. The molecule has 0 bridgehead atoms. The number of carbonyl (C=O) groups is 1. The first kappa shape index (κ1) is 6.16. The fraction of sp³-hybridized carbons (Fsp3) is 0.857. The molecule has 2 fully saturated rings. The molecule has 0 aromatic rings. The Labute approximate surface area is 60.6 Å². The lowest BCUT2D eigenvalue weighted by molar-refractivity contribution is -0.140. The first-order valence-electron chi connectivity index (χ1n) is 3.93. The fourth-order valence-corrected chi connectivity index (χ4v) is 1.69. The minimum absolute atomic E-state index is 0.319. The van der Waals surface area contributed by atoms with E-state index in [9.17, 15) is 4.79 Å². The van der Waals surface area contributed by atoms with Gasteiger partial charge in [0.05, 0.1) is 0 Å². The summed E-state index contributed by atoms with van der Waals surface area (Å²) in [6, 6.07) is 0. The maximum absolute atomic E-state index is 11.1. The second-order valence-corrected chi connectivity index (χ2v) is 2.93. The molecular formula is C7H12N2O. The molecule has 3 heteroatoms. The molecule has 3 nitrogen and oxygen atoms in total. The van der Waals surface area contributed by atoms with Crippen LogP contribution in [-0.4, -0.2) is 35.6 Å². The summed E-state index contributed by atoms with van der Waals surface area (Å²) < 4.78 is 0. The van der Waals surface area contributed by atoms with Crippen LogP contribution in [0.15, 0.2) is 0 Å². The maximum atomic E-state index is 11.1. The van der Waals surface area contributed by atoms with Gasteiger partial charge in [-0.25, -0.2) is 5.01 Å². The van der Waals surface area contributed by atoms with Gasteiger partial charge in [0.25, 0.3) is 0 Å². The molecule has 0 N–H and O–H groups in total. The van der Waals surface area contributed by atoms with Crippen LogP contribution in [0.4, 0.5) is 0 Å². The number of fused-ring (bicyclic) bond motifs is 1. The Kier molecular flexibility index (Phi) is 1.38. The molecule has 0 aliphatic carbocycles. The van der Waals surface area contributed by atoms with Crippen LogP contribution in [0.3, 0.4) is 0 Å². The molecule has 2 heterocycles. The van der Waals surface area contributed by atoms with Crippen molar-refractivity contribution in [1.29, 1.82) is 0 Å². The van der Waals surface area contributed by atoms with Crippen LogP contribution in [-0.2, 0) is 4.79 Å². The Morgan fingerprint density at radius 3 is 2.70 bits per heavy atom. The Balaban J connectivity index is 2.08. The van der Waals surface area contributed by atoms with Crippen molar-refractivity contribution in [2.24, 2.45) is 0 Å². The van der Waals surface area contributed by atoms with Crippen molar-refractivity contribution in [2.75, 3.05) is 19.6 Å². The van der Waals surface area contributed by atoms with Gasteiger partial charge in [-0.1, -0.05) is 0 Å². The summed E-state index contributed by atoms with van der Waals surface area (Å²) in [4.78, 5) is 11.1. The molecule has 0 atom stereocenters. The average Bonchev–Trinajstić information content (AvgIpc) is 2.34. The van der Waals surface area contributed by atoms with Crippen LogP contribution in [0.25, 0.3) is 0 Å². The maximum Gasteiger partial charge on any atom is 0.238 e. The monoisotopic (exact) mass is 140 g/mol. The topological polar surface area (TPSA) is 23.6 Å². The summed E-state index contributed by atoms with van der Waals surface area (Å²) in [5, 5.41) is 4.08. The summed E-state index contributed by atoms with van der Waals surface area (Å²) in [5.41, 5.74) is 0. The van der Waals surface area contributed by atoms with E-state index in [4.69, 9.17) is 0 Å². The lowest BCUT2D eigenvalue weighted by atomic mass is 10.2. The average molecular weight is 140 g/mol. The third kappa shape index (κ3) is 0.814. The minimum Gasteiger partial charge on any atom is -0.275 e. The van der Waals surface area contributed by atoms with Crippen molar-refractivity contribution in [2.45, 2.75) is 19.3 Å². The second-order valence-electron chi connectivity index (χ2n) is 2.93. The standard InChI is InChI=1S/C7H12N2O/c10-7-3-6-8-4-1-2-5-9(7)8/h1-6H2. The predicted octanol–water partition coefficient (Wildman–Crippen LogP) is 0.230. The van der Waals surface area contributed by atoms with E-state index in [-0.39, 0.29) is 0 Å². The number of nitrogens with zero attached hydrogens (tertiary/aromatic N) is 2. The van der Waals surface area contributed by atoms with Crippen molar-refractivity contribution in [3.05, 3.63) is 0 Å². The van der Waals surface area contributed by atoms with E-state index in [1.54, 1.807) is 0 Å². The molecule has 0 saturated carbocycles. The van der Waals surface area contributed by atoms with Gasteiger partial charge in [0.15, 0.2) is 0 Å². The lowest BCUT2D eigenvalue weighted by Gasteiger charge is -2.32. The van der Waals surface area contributed by atoms with Crippen molar-refractivity contribution < 1.29 is 4.79 Å². The molecule has 0 aromatic carbocycles. The zero-order chi connectivity index (χ0) is 6.97. The summed E-state index contributed by atoms with van der Waals surface area (Å²) in [5.74, 6) is 0.319. The highest BCUT2D eigenvalue weighted by molar-refractivity contribution is 5.77. The molecule has 2 aliphatic heterocycles. The van der Waals surface area contributed by atoms with Crippen molar-refractivity contribution in [3.63, 3.8) is 0 Å². The molecule has 0 unspecified atom stereocenters. The van der Waals surface area contributed by atoms with E-state index < -0.39 is 0 Å². The number of hydrazine groups is 1. The quantitative estimate of drug-likeness (QED) is 0.481. The minimum atomic E-state index is 0.319. The molecule has 2 rings (SSSR count). The predicted molar refractivity (Wildman–Crippen MR) is 37.1 cm³/mol. The van der Waals surface area contributed by atoms with Crippen molar-refractivity contribution >= 4 is 5.91 Å². The van der Waals surface area contributed by atoms with Crippen LogP contribution in [0.1, 0.15) is 19.3 Å². The van der Waals surface area contributed by atoms with Gasteiger partial charge in [-0.15, -0.1) is 0 Å². The number of hydrogen-bond acceptors (Lipinski definition) is 2. The van der Waals surface area contributed by atoms with Gasteiger partial charge in [-0.05, 0) is 12.8 Å². The van der Waals surface area contributed by atoms with Crippen LogP contribution in [0.2, 0.25) is 0 Å². The van der Waals surface area contributed by atoms with E-state index in [1.807, 2.05) is 5.01 Å². The Morgan fingerprint density at radius 1 is 1.10 bits per heavy atom. The number of amides is 1. The van der Waals surface area contributed by atoms with Gasteiger partial charge in [0.1, 0.15) is 0 Å². The second kappa shape index (κ2) is 2.23. The highest BCUT2D eigenvalue weighted by Gasteiger charge is 2.29. The van der Waals surface area contributed by atoms with Crippen molar-refractivity contribution in [3.8, 4) is 0 Å². The van der Waals surface area contributed by atoms with E-state index in [2.05, 4.69) is 5.01 Å². The molecule has 2 saturated heterocycles. The van der Waals surface area contributed by atoms with Gasteiger partial charge in [-0.3, -0.25) is 9.80 Å². The molecule has 56 valence electrons. The smallest absolute Gasteiger partial charge is 0.238 e. The summed E-state index contributed by atoms with van der Waals surface area (Å²) in [6.07, 6.45) is 3.17. The van der Waals surface area contributed by atoms with Crippen LogP contribution in [0, 0.1) is 0 Å². The third-order valence-corrected chi connectivity index (χ3v) is 2.25. The molecular weight excluding hydrogens is 128 g/mol. The van der Waals surface area contributed by atoms with Crippen LogP contribution >= 0.6 is 0 Å². The van der Waals surface area contributed by atoms with Gasteiger partial charge in [0, 0.05) is 26.1 Å². The molecule has 2 aliphatic rings. The summed E-state index contributed by atoms with van der Waals surface area (Å²) >= 11 is 0. The summed E-state index contributed by atoms with van der Waals surface area (Å²) in [7, 11) is 0. The van der Waals surface area contributed by atoms with Gasteiger partial charge < -0.3 is 0 Å². The van der Waals surface area contributed by atoms with E-state index >= 15 is 0 Å². The lowest BCUT2D eigenvalue weighted by Crippen LogP contribution is -2.43. The Morgan fingerprint density at radius 2 is 1.90 bits per heavy atom. The van der Waals surface area contributed by atoms with Crippen molar-refractivity contribution in [1.82, 2.24) is 10.0 Å². The first-order chi connectivity index (χ1) is 4.88. The first-order valence-corrected chi connectivity index (χ1v) is 3.93. The molecule has 0 aromatic heterocycles. The van der Waals surface area contributed by atoms with Gasteiger partial charge >= 0.3 is 0 Å². The zero-order valence-electron chi connectivity index (χ0n) is 6.05. The van der Waals surface area contributed by atoms with Gasteiger partial charge in [0.2, 0.25) is 5.91 Å². The van der Waals surface area contributed by atoms with Crippen LogP contribution in [0.5, 0.6) is 0 Å². The third-order valence-electron chi connectivity index (χ3n) is 2.25. The Bertz CT molecular complexity index is 158. The molecule has 0 spiro atoms. The van der Waals surface area contributed by atoms with Crippen LogP contribution < -0.4 is 0 Å². The normalized spacial score (nSPS) is 27.2. The van der Waals surface area contributed by atoms with E-state index in [0.717, 1.165) is 26.1 Å². The molecule has 0 radical (unpaired) electrons. The molecule has 10 heavy (non-hydrogen) atoms. The number of carbonyl (C=O) groups excluding carboxylic acids is 1. The van der Waals surface area contributed by atoms with E-state index in [0.29, 0.717) is 5.91 Å². The highest BCUT2D eigenvalue weighted by Crippen LogP contribution is 2.17. The largest absolute Gasteiger partial charge is 0.275 e. The fourth-order valence-electron chi connectivity index (χ4n) is 1.69.